The summed E-state index contributed by atoms with van der Waals surface area (Å²) in [7, 11) is 0. The van der Waals surface area contributed by atoms with Crippen LogP contribution >= 0.6 is 0 Å². The highest BCUT2D eigenvalue weighted by Crippen LogP contribution is 2.49. The number of carbonyl (C=O) groups excluding carboxylic acids is 2. The van der Waals surface area contributed by atoms with E-state index in [-0.39, 0.29) is 23.3 Å². The van der Waals surface area contributed by atoms with Gasteiger partial charge < -0.3 is 10.6 Å². The first-order chi connectivity index (χ1) is 11.4. The normalized spacial score (nSPS) is 14.8. The van der Waals surface area contributed by atoms with Crippen LogP contribution in [0.2, 0.25) is 0 Å². The largest absolute Gasteiger partial charge is 0.326 e. The molecule has 0 saturated heterocycles. The van der Waals surface area contributed by atoms with E-state index < -0.39 is 11.2 Å². The summed E-state index contributed by atoms with van der Waals surface area (Å²) < 4.78 is 27.0. The molecule has 24 heavy (non-hydrogen) atoms. The highest BCUT2D eigenvalue weighted by molar-refractivity contribution is 6.02. The monoisotopic (exact) mass is 330 g/mol. The second-order valence-electron chi connectivity index (χ2n) is 5.92. The molecule has 2 amide bonds. The molecule has 1 saturated carbocycles. The Morgan fingerprint density at radius 1 is 1.00 bits per heavy atom. The van der Waals surface area contributed by atoms with Gasteiger partial charge in [-0.25, -0.2) is 8.78 Å². The van der Waals surface area contributed by atoms with Gasteiger partial charge in [-0.05, 0) is 48.7 Å². The van der Waals surface area contributed by atoms with E-state index in [1.54, 1.807) is 12.1 Å². The second-order valence-corrected chi connectivity index (χ2v) is 5.92. The molecular weight excluding hydrogens is 314 g/mol. The van der Waals surface area contributed by atoms with Gasteiger partial charge in [-0.15, -0.1) is 0 Å². The molecule has 2 aromatic carbocycles. The van der Waals surface area contributed by atoms with Crippen molar-refractivity contribution in [3.05, 3.63) is 59.7 Å². The van der Waals surface area contributed by atoms with Crippen molar-refractivity contribution >= 4 is 23.2 Å². The Hall–Kier alpha value is -2.76. The van der Waals surface area contributed by atoms with Crippen LogP contribution < -0.4 is 10.6 Å². The highest BCUT2D eigenvalue weighted by atomic mass is 19.1. The van der Waals surface area contributed by atoms with Gasteiger partial charge in [0.2, 0.25) is 11.8 Å². The Morgan fingerprint density at radius 3 is 2.25 bits per heavy atom. The lowest BCUT2D eigenvalue weighted by Gasteiger charge is -2.17. The maximum Gasteiger partial charge on any atom is 0.235 e. The molecular formula is C18H16F2N2O2. The molecule has 2 aromatic rings. The molecule has 0 atom stereocenters. The quantitative estimate of drug-likeness (QED) is 0.900. The van der Waals surface area contributed by atoms with Gasteiger partial charge >= 0.3 is 0 Å². The molecule has 0 bridgehead atoms. The van der Waals surface area contributed by atoms with Crippen LogP contribution in [-0.4, -0.2) is 11.8 Å². The number of hydrogen-bond donors (Lipinski definition) is 2. The third kappa shape index (κ3) is 3.13. The average Bonchev–Trinajstić information content (AvgIpc) is 3.32. The molecule has 3 rings (SSSR count). The van der Waals surface area contributed by atoms with Crippen LogP contribution in [0.5, 0.6) is 0 Å². The predicted molar refractivity (Wildman–Crippen MR) is 86.6 cm³/mol. The minimum absolute atomic E-state index is 0.000336. The van der Waals surface area contributed by atoms with Crippen molar-refractivity contribution in [1.29, 1.82) is 0 Å². The van der Waals surface area contributed by atoms with Crippen molar-refractivity contribution in [1.82, 2.24) is 0 Å². The maximum atomic E-state index is 14.0. The van der Waals surface area contributed by atoms with Crippen molar-refractivity contribution in [2.75, 3.05) is 10.6 Å². The lowest BCUT2D eigenvalue weighted by Crippen LogP contribution is -2.28. The maximum absolute atomic E-state index is 14.0. The number of benzene rings is 2. The van der Waals surface area contributed by atoms with Crippen LogP contribution in [-0.2, 0) is 15.0 Å². The van der Waals surface area contributed by atoms with Gasteiger partial charge in [-0.1, -0.05) is 12.1 Å². The summed E-state index contributed by atoms with van der Waals surface area (Å²) in [6, 6.07) is 9.73. The molecule has 0 radical (unpaired) electrons. The molecule has 124 valence electrons. The molecule has 2 N–H and O–H groups in total. The van der Waals surface area contributed by atoms with Gasteiger partial charge in [0.25, 0.3) is 0 Å². The predicted octanol–water partition coefficient (Wildman–Crippen LogP) is 3.59. The first-order valence-electron chi connectivity index (χ1n) is 7.55. The van der Waals surface area contributed by atoms with E-state index in [1.807, 2.05) is 0 Å². The molecule has 0 unspecified atom stereocenters. The van der Waals surface area contributed by atoms with E-state index >= 15 is 0 Å². The van der Waals surface area contributed by atoms with Gasteiger partial charge in [0.15, 0.2) is 0 Å². The van der Waals surface area contributed by atoms with Gasteiger partial charge in [-0.3, -0.25) is 9.59 Å². The molecule has 6 heteroatoms. The topological polar surface area (TPSA) is 58.2 Å². The molecule has 0 aliphatic heterocycles. The van der Waals surface area contributed by atoms with Gasteiger partial charge in [0, 0.05) is 12.6 Å². The number of hydrogen-bond acceptors (Lipinski definition) is 2. The minimum Gasteiger partial charge on any atom is -0.326 e. The Labute approximate surface area is 137 Å². The SMILES string of the molecule is CC(=O)Nc1ccc(F)c(NC(=O)C2(c3ccc(F)cc3)CC2)c1. The van der Waals surface area contributed by atoms with E-state index in [9.17, 15) is 18.4 Å². The summed E-state index contributed by atoms with van der Waals surface area (Å²) in [4.78, 5) is 23.7. The number of anilines is 2. The van der Waals surface area contributed by atoms with Gasteiger partial charge in [-0.2, -0.15) is 0 Å². The third-order valence-corrected chi connectivity index (χ3v) is 4.12. The Balaban J connectivity index is 1.82. The highest BCUT2D eigenvalue weighted by Gasteiger charge is 2.51. The number of nitrogens with one attached hydrogen (secondary N) is 2. The summed E-state index contributed by atoms with van der Waals surface area (Å²) in [5.74, 6) is -1.59. The standard InChI is InChI=1S/C18H16F2N2O2/c1-11(23)21-14-6-7-15(20)16(10-14)22-17(24)18(8-9-18)12-2-4-13(19)5-3-12/h2-7,10H,8-9H2,1H3,(H,21,23)(H,22,24). The lowest BCUT2D eigenvalue weighted by atomic mass is 9.95. The average molecular weight is 330 g/mol. The van der Waals surface area contributed by atoms with E-state index in [0.717, 1.165) is 0 Å². The smallest absolute Gasteiger partial charge is 0.235 e. The van der Waals surface area contributed by atoms with Crippen LogP contribution in [0, 0.1) is 11.6 Å². The fraction of sp³-hybridized carbons (Fsp3) is 0.222. The van der Waals surface area contributed by atoms with Gasteiger partial charge in [0.05, 0.1) is 11.1 Å². The summed E-state index contributed by atoms with van der Waals surface area (Å²) in [5, 5.41) is 5.12. The van der Waals surface area contributed by atoms with Crippen LogP contribution in [0.3, 0.4) is 0 Å². The van der Waals surface area contributed by atoms with Crippen LogP contribution in [0.1, 0.15) is 25.3 Å². The van der Waals surface area contributed by atoms with E-state index in [4.69, 9.17) is 0 Å². The number of rotatable bonds is 4. The van der Waals surface area contributed by atoms with Crippen molar-refractivity contribution in [2.24, 2.45) is 0 Å². The number of carbonyl (C=O) groups is 2. The van der Waals surface area contributed by atoms with Crippen molar-refractivity contribution in [2.45, 2.75) is 25.2 Å². The summed E-state index contributed by atoms with van der Waals surface area (Å²) in [6.07, 6.45) is 1.24. The zero-order valence-electron chi connectivity index (χ0n) is 13.0. The summed E-state index contributed by atoms with van der Waals surface area (Å²) in [5.41, 5.74) is 0.356. The first kappa shape index (κ1) is 16.1. The molecule has 1 fully saturated rings. The number of amides is 2. The Kier molecular flexibility index (Phi) is 4.05. The molecule has 0 spiro atoms. The first-order valence-corrected chi connectivity index (χ1v) is 7.55. The number of halogens is 2. The van der Waals surface area contributed by atoms with Crippen molar-refractivity contribution in [3.63, 3.8) is 0 Å². The van der Waals surface area contributed by atoms with E-state index in [2.05, 4.69) is 10.6 Å². The summed E-state index contributed by atoms with van der Waals surface area (Å²) >= 11 is 0. The van der Waals surface area contributed by atoms with Crippen molar-refractivity contribution < 1.29 is 18.4 Å². The van der Waals surface area contributed by atoms with Crippen LogP contribution in [0.15, 0.2) is 42.5 Å². The second kappa shape index (κ2) is 6.03. The summed E-state index contributed by atoms with van der Waals surface area (Å²) in [6.45, 7) is 1.34. The fourth-order valence-electron chi connectivity index (χ4n) is 2.68. The zero-order chi connectivity index (χ0) is 17.3. The van der Waals surface area contributed by atoms with E-state index in [0.29, 0.717) is 24.1 Å². The van der Waals surface area contributed by atoms with Crippen LogP contribution in [0.25, 0.3) is 0 Å². The lowest BCUT2D eigenvalue weighted by molar-refractivity contribution is -0.118. The van der Waals surface area contributed by atoms with Crippen LogP contribution in [0.4, 0.5) is 20.2 Å². The molecule has 0 heterocycles. The molecule has 1 aliphatic rings. The Morgan fingerprint density at radius 2 is 1.67 bits per heavy atom. The molecule has 1 aliphatic carbocycles. The Bertz CT molecular complexity index is 799. The third-order valence-electron chi connectivity index (χ3n) is 4.12. The fourth-order valence-corrected chi connectivity index (χ4v) is 2.68. The molecule has 0 aromatic heterocycles. The van der Waals surface area contributed by atoms with Crippen molar-refractivity contribution in [3.8, 4) is 0 Å². The zero-order valence-corrected chi connectivity index (χ0v) is 13.0. The van der Waals surface area contributed by atoms with E-state index in [1.165, 1.54) is 37.3 Å². The van der Waals surface area contributed by atoms with Gasteiger partial charge in [0.1, 0.15) is 11.6 Å². The minimum atomic E-state index is -0.746. The molecule has 4 nitrogen and oxygen atoms in total.